The summed E-state index contributed by atoms with van der Waals surface area (Å²) < 4.78 is 0. The van der Waals surface area contributed by atoms with Crippen molar-refractivity contribution in [2.75, 3.05) is 11.1 Å². The van der Waals surface area contributed by atoms with Gasteiger partial charge < -0.3 is 11.1 Å². The van der Waals surface area contributed by atoms with Gasteiger partial charge in [-0.25, -0.2) is 0 Å². The van der Waals surface area contributed by atoms with Gasteiger partial charge in [-0.15, -0.1) is 0 Å². The second-order valence-electron chi connectivity index (χ2n) is 4.55. The van der Waals surface area contributed by atoms with E-state index in [1.807, 2.05) is 24.3 Å². The zero-order valence-corrected chi connectivity index (χ0v) is 9.74. The molecule has 0 saturated heterocycles. The van der Waals surface area contributed by atoms with Crippen molar-refractivity contribution < 1.29 is 0 Å². The number of nitrogens with one attached hydrogen (secondary N) is 1. The molecule has 0 fully saturated rings. The third-order valence-electron chi connectivity index (χ3n) is 3.34. The van der Waals surface area contributed by atoms with E-state index in [1.54, 1.807) is 0 Å². The molecule has 1 aliphatic carbocycles. The van der Waals surface area contributed by atoms with Crippen LogP contribution in [0.15, 0.2) is 42.5 Å². The first-order valence-electron chi connectivity index (χ1n) is 6.06. The summed E-state index contributed by atoms with van der Waals surface area (Å²) in [6.45, 7) is 0. The van der Waals surface area contributed by atoms with Crippen molar-refractivity contribution in [2.24, 2.45) is 0 Å². The van der Waals surface area contributed by atoms with Crippen molar-refractivity contribution in [3.05, 3.63) is 53.6 Å². The standard InChI is InChI=1S/C15H16N2/c16-14-6-1-2-7-15(14)17-13-9-8-11-4-3-5-12(11)10-13/h1-2,6-10,17H,3-5,16H2. The lowest BCUT2D eigenvalue weighted by Crippen LogP contribution is -1.96. The highest BCUT2D eigenvalue weighted by Gasteiger charge is 2.10. The Hall–Kier alpha value is -1.96. The van der Waals surface area contributed by atoms with Crippen molar-refractivity contribution in [3.8, 4) is 0 Å². The van der Waals surface area contributed by atoms with Gasteiger partial charge in [0.05, 0.1) is 11.4 Å². The molecular formula is C15H16N2. The highest BCUT2D eigenvalue weighted by molar-refractivity contribution is 5.72. The molecule has 0 radical (unpaired) electrons. The van der Waals surface area contributed by atoms with Crippen LogP contribution in [0.5, 0.6) is 0 Å². The molecule has 1 aliphatic rings. The number of anilines is 3. The van der Waals surface area contributed by atoms with Crippen molar-refractivity contribution in [1.29, 1.82) is 0 Å². The average Bonchev–Trinajstić information content (AvgIpc) is 2.79. The van der Waals surface area contributed by atoms with Gasteiger partial charge in [-0.1, -0.05) is 18.2 Å². The molecule has 0 heterocycles. The van der Waals surface area contributed by atoms with Crippen molar-refractivity contribution >= 4 is 17.1 Å². The fraction of sp³-hybridized carbons (Fsp3) is 0.200. The lowest BCUT2D eigenvalue weighted by atomic mass is 10.1. The average molecular weight is 224 g/mol. The maximum absolute atomic E-state index is 5.92. The smallest absolute Gasteiger partial charge is 0.0617 e. The molecule has 0 bridgehead atoms. The molecule has 0 atom stereocenters. The minimum Gasteiger partial charge on any atom is -0.397 e. The molecule has 0 aromatic heterocycles. The van der Waals surface area contributed by atoms with Crippen LogP contribution in [0.25, 0.3) is 0 Å². The summed E-state index contributed by atoms with van der Waals surface area (Å²) in [7, 11) is 0. The van der Waals surface area contributed by atoms with Crippen LogP contribution in [-0.2, 0) is 12.8 Å². The van der Waals surface area contributed by atoms with Gasteiger partial charge in [0.25, 0.3) is 0 Å². The van der Waals surface area contributed by atoms with E-state index in [9.17, 15) is 0 Å². The van der Waals surface area contributed by atoms with E-state index in [4.69, 9.17) is 5.73 Å². The number of rotatable bonds is 2. The van der Waals surface area contributed by atoms with Crippen LogP contribution in [0.4, 0.5) is 17.1 Å². The first-order chi connectivity index (χ1) is 8.33. The Labute approximate surface area is 101 Å². The lowest BCUT2D eigenvalue weighted by Gasteiger charge is -2.10. The molecule has 0 saturated carbocycles. The quantitative estimate of drug-likeness (QED) is 0.766. The molecule has 3 rings (SSSR count). The third kappa shape index (κ3) is 1.98. The molecule has 86 valence electrons. The Morgan fingerprint density at radius 2 is 1.76 bits per heavy atom. The van der Waals surface area contributed by atoms with Gasteiger partial charge in [0.2, 0.25) is 0 Å². The minimum absolute atomic E-state index is 0.785. The van der Waals surface area contributed by atoms with Crippen molar-refractivity contribution in [3.63, 3.8) is 0 Å². The van der Waals surface area contributed by atoms with Crippen molar-refractivity contribution in [1.82, 2.24) is 0 Å². The summed E-state index contributed by atoms with van der Waals surface area (Å²) in [6, 6.07) is 14.5. The number of nitrogen functional groups attached to an aromatic ring is 1. The molecule has 0 aliphatic heterocycles. The van der Waals surface area contributed by atoms with E-state index in [0.717, 1.165) is 17.1 Å². The van der Waals surface area contributed by atoms with Gasteiger partial charge in [0, 0.05) is 5.69 Å². The van der Waals surface area contributed by atoms with E-state index in [2.05, 4.69) is 23.5 Å². The van der Waals surface area contributed by atoms with Crippen LogP contribution >= 0.6 is 0 Å². The molecule has 0 amide bonds. The SMILES string of the molecule is Nc1ccccc1Nc1ccc2c(c1)CCC2. The molecule has 17 heavy (non-hydrogen) atoms. The second-order valence-corrected chi connectivity index (χ2v) is 4.55. The summed E-state index contributed by atoms with van der Waals surface area (Å²) in [5, 5.41) is 3.38. The topological polar surface area (TPSA) is 38.0 Å². The summed E-state index contributed by atoms with van der Waals surface area (Å²) in [5.74, 6) is 0. The number of benzene rings is 2. The summed E-state index contributed by atoms with van der Waals surface area (Å²) in [5.41, 5.74) is 11.8. The van der Waals surface area contributed by atoms with Gasteiger partial charge in [-0.05, 0) is 54.7 Å². The Balaban J connectivity index is 1.89. The number of hydrogen-bond acceptors (Lipinski definition) is 2. The van der Waals surface area contributed by atoms with Gasteiger partial charge in [0.1, 0.15) is 0 Å². The maximum Gasteiger partial charge on any atom is 0.0617 e. The van der Waals surface area contributed by atoms with Gasteiger partial charge in [0.15, 0.2) is 0 Å². The highest BCUT2D eigenvalue weighted by Crippen LogP contribution is 2.28. The van der Waals surface area contributed by atoms with Crippen LogP contribution in [0.3, 0.4) is 0 Å². The summed E-state index contributed by atoms with van der Waals surface area (Å²) >= 11 is 0. The zero-order valence-electron chi connectivity index (χ0n) is 9.74. The molecule has 2 aromatic rings. The molecule has 3 N–H and O–H groups in total. The Morgan fingerprint density at radius 3 is 2.65 bits per heavy atom. The van der Waals surface area contributed by atoms with Crippen LogP contribution in [-0.4, -0.2) is 0 Å². The molecule has 2 aromatic carbocycles. The minimum atomic E-state index is 0.785. The van der Waals surface area contributed by atoms with Gasteiger partial charge >= 0.3 is 0 Å². The van der Waals surface area contributed by atoms with Crippen molar-refractivity contribution in [2.45, 2.75) is 19.3 Å². The lowest BCUT2D eigenvalue weighted by molar-refractivity contribution is 0.912. The third-order valence-corrected chi connectivity index (χ3v) is 3.34. The molecule has 2 heteroatoms. The molecule has 0 unspecified atom stereocenters. The Morgan fingerprint density at radius 1 is 0.941 bits per heavy atom. The number of para-hydroxylation sites is 2. The monoisotopic (exact) mass is 224 g/mol. The maximum atomic E-state index is 5.92. The van der Waals surface area contributed by atoms with E-state index in [1.165, 1.54) is 30.4 Å². The number of fused-ring (bicyclic) bond motifs is 1. The predicted octanol–water partition coefficient (Wildman–Crippen LogP) is 3.50. The fourth-order valence-electron chi connectivity index (χ4n) is 2.42. The van der Waals surface area contributed by atoms with E-state index in [0.29, 0.717) is 0 Å². The fourth-order valence-corrected chi connectivity index (χ4v) is 2.42. The molecule has 0 spiro atoms. The number of hydrogen-bond donors (Lipinski definition) is 2. The second kappa shape index (κ2) is 4.13. The van der Waals surface area contributed by atoms with Gasteiger partial charge in [-0.3, -0.25) is 0 Å². The van der Waals surface area contributed by atoms with Crippen LogP contribution in [0.1, 0.15) is 17.5 Å². The van der Waals surface area contributed by atoms with Gasteiger partial charge in [-0.2, -0.15) is 0 Å². The Kier molecular flexibility index (Phi) is 2.48. The summed E-state index contributed by atoms with van der Waals surface area (Å²) in [4.78, 5) is 0. The number of aryl methyl sites for hydroxylation is 2. The normalized spacial score (nSPS) is 13.4. The van der Waals surface area contributed by atoms with Crippen LogP contribution < -0.4 is 11.1 Å². The van der Waals surface area contributed by atoms with Crippen LogP contribution in [0, 0.1) is 0 Å². The zero-order chi connectivity index (χ0) is 11.7. The first-order valence-corrected chi connectivity index (χ1v) is 6.06. The van der Waals surface area contributed by atoms with E-state index < -0.39 is 0 Å². The highest BCUT2D eigenvalue weighted by atomic mass is 14.9. The van der Waals surface area contributed by atoms with E-state index in [-0.39, 0.29) is 0 Å². The van der Waals surface area contributed by atoms with Crippen LogP contribution in [0.2, 0.25) is 0 Å². The number of nitrogens with two attached hydrogens (primary N) is 1. The Bertz CT molecular complexity index is 546. The molecular weight excluding hydrogens is 208 g/mol. The first kappa shape index (κ1) is 10.2. The van der Waals surface area contributed by atoms with E-state index >= 15 is 0 Å². The summed E-state index contributed by atoms with van der Waals surface area (Å²) in [6.07, 6.45) is 3.71. The largest absolute Gasteiger partial charge is 0.397 e. The predicted molar refractivity (Wildman–Crippen MR) is 72.6 cm³/mol. The molecule has 2 nitrogen and oxygen atoms in total.